The van der Waals surface area contributed by atoms with Crippen molar-refractivity contribution in [3.05, 3.63) is 0 Å². The molecule has 25 unspecified atom stereocenters. The standard InChI is InChI=1S/C17H21F3O6.C17H21NO6.C17H22O9.C17H24O6.C17H26O5/c1-4-15(2,3)13(22)24-7-10(21)25-11-8-5-9-12(11)26-14(23)16(9,6-8)17(18,19)20;1-4-16(2,3)14(20)22-7-11(19)23-12-9-5-10-13(12)24-15(21)17(10,6-9)8-18;1-5-16(2,3)13(19)23-7-9(18)25-10-8-6-17(14(20)22-4)12(24-8)11(10)26-15(17)21;1-4-17(2,3)16(20)21-8-12(18)22-13-9-5-6-10-11(7-9)15(19)23-14(10)13;1-4-17(2,3)16(19)21-7-5-6-20-13-10-8-11-12(9-10)15(18)22-14(11)13/h8-9,11-12H,4-7H2,1-3H3;9-10,12-13H,4-7H2,1-3H3;8,10-12H,5-7H2,1-4H3;9-11,13-14H,4-8H2,1-3H3;10-14H,4-9H2,1-3H3. The predicted molar refractivity (Wildman–Crippen MR) is 399 cm³/mol. The second-order valence-electron chi connectivity index (χ2n) is 37.8. The molecule has 9 aliphatic carbocycles. The Morgan fingerprint density at radius 2 is 0.851 bits per heavy atom. The molecular formula is C85H114F3NO32. The summed E-state index contributed by atoms with van der Waals surface area (Å²) in [6.07, 6.45) is -2.56. The molecule has 16 fully saturated rings. The number of nitrogens with zero attached hydrogens (tertiary/aromatic N) is 1. The summed E-state index contributed by atoms with van der Waals surface area (Å²) < 4.78 is 130. The van der Waals surface area contributed by atoms with E-state index in [2.05, 4.69) is 6.07 Å². The highest BCUT2D eigenvalue weighted by Gasteiger charge is 2.81. The largest absolute Gasteiger partial charge is 0.468 e. The summed E-state index contributed by atoms with van der Waals surface area (Å²) in [6, 6.07) is 2.10. The van der Waals surface area contributed by atoms with Gasteiger partial charge in [-0.3, -0.25) is 52.7 Å². The topological polar surface area (TPSA) is 437 Å². The molecule has 0 amide bonds. The van der Waals surface area contributed by atoms with Crippen molar-refractivity contribution >= 4 is 89.5 Å². The number of nitriles is 1. The molecule has 121 heavy (non-hydrogen) atoms. The number of fused-ring (bicyclic) bond motifs is 5. The van der Waals surface area contributed by atoms with Crippen molar-refractivity contribution < 1.29 is 166 Å². The molecule has 16 rings (SSSR count). The van der Waals surface area contributed by atoms with E-state index >= 15 is 0 Å². The Balaban J connectivity index is 0.000000148. The van der Waals surface area contributed by atoms with Crippen LogP contribution in [0.5, 0.6) is 0 Å². The van der Waals surface area contributed by atoms with Gasteiger partial charge in [0.2, 0.25) is 0 Å². The van der Waals surface area contributed by atoms with E-state index in [4.69, 9.17) is 80.5 Å². The smallest absolute Gasteiger partial charge is 0.405 e. The van der Waals surface area contributed by atoms with Crippen LogP contribution in [0.3, 0.4) is 0 Å². The molecule has 16 aliphatic rings. The number of halogens is 3. The van der Waals surface area contributed by atoms with E-state index in [1.165, 1.54) is 7.11 Å². The van der Waals surface area contributed by atoms with E-state index in [9.17, 15) is 90.4 Å². The maximum absolute atomic E-state index is 13.4. The lowest BCUT2D eigenvalue weighted by Crippen LogP contribution is -2.50. The third-order valence-corrected chi connectivity index (χ3v) is 28.8. The van der Waals surface area contributed by atoms with Gasteiger partial charge in [-0.1, -0.05) is 34.6 Å². The summed E-state index contributed by atoms with van der Waals surface area (Å²) in [4.78, 5) is 179. The van der Waals surface area contributed by atoms with Gasteiger partial charge in [0.05, 0.1) is 71.4 Å². The van der Waals surface area contributed by atoms with Gasteiger partial charge in [0.1, 0.15) is 54.9 Å². The number of carbonyl (C=O) groups excluding carboxylic acids is 15. The molecule has 12 bridgehead atoms. The summed E-state index contributed by atoms with van der Waals surface area (Å²) in [6.45, 7) is 25.9. The number of carbonyl (C=O) groups is 15. The Kier molecular flexibility index (Phi) is 27.0. The summed E-state index contributed by atoms with van der Waals surface area (Å²) in [5.41, 5.74) is -8.14. The molecule has 36 heteroatoms. The van der Waals surface area contributed by atoms with Crippen LogP contribution >= 0.6 is 0 Å². The molecule has 7 aliphatic heterocycles. The number of hydrogen-bond donors (Lipinski definition) is 0. The van der Waals surface area contributed by atoms with Crippen LogP contribution in [-0.4, -0.2) is 216 Å². The molecule has 0 radical (unpaired) electrons. The summed E-state index contributed by atoms with van der Waals surface area (Å²) >= 11 is 0. The number of alkyl halides is 3. The van der Waals surface area contributed by atoms with Gasteiger partial charge in [-0.2, -0.15) is 18.4 Å². The molecule has 0 N–H and O–H groups in total. The van der Waals surface area contributed by atoms with Gasteiger partial charge in [0.25, 0.3) is 0 Å². The van der Waals surface area contributed by atoms with E-state index in [0.29, 0.717) is 70.0 Å². The van der Waals surface area contributed by atoms with Crippen LogP contribution in [-0.2, 0) is 152 Å². The van der Waals surface area contributed by atoms with Crippen LogP contribution in [0.25, 0.3) is 0 Å². The minimum absolute atomic E-state index is 0.0168. The van der Waals surface area contributed by atoms with Crippen molar-refractivity contribution in [1.29, 1.82) is 5.26 Å². The Morgan fingerprint density at radius 3 is 1.32 bits per heavy atom. The third kappa shape index (κ3) is 17.4. The van der Waals surface area contributed by atoms with Gasteiger partial charge in [-0.15, -0.1) is 0 Å². The zero-order chi connectivity index (χ0) is 89.1. The number of ether oxygens (including phenoxy) is 17. The average molecular weight is 1720 g/mol. The highest BCUT2D eigenvalue weighted by atomic mass is 19.4. The molecule has 25 atom stereocenters. The first-order valence-corrected chi connectivity index (χ1v) is 42.1. The van der Waals surface area contributed by atoms with Crippen molar-refractivity contribution in [2.24, 2.45) is 102 Å². The van der Waals surface area contributed by atoms with E-state index in [0.717, 1.165) is 38.5 Å². The van der Waals surface area contributed by atoms with Crippen LogP contribution in [0, 0.1) is 114 Å². The zero-order valence-corrected chi connectivity index (χ0v) is 71.4. The van der Waals surface area contributed by atoms with Crippen LogP contribution in [0.4, 0.5) is 13.2 Å². The maximum Gasteiger partial charge on any atom is 0.405 e. The molecule has 7 saturated heterocycles. The Bertz CT molecular complexity index is 4110. The minimum atomic E-state index is -4.69. The fourth-order valence-electron chi connectivity index (χ4n) is 19.5. The lowest BCUT2D eigenvalue weighted by Gasteiger charge is -2.43. The molecule has 33 nitrogen and oxygen atoms in total. The average Bonchev–Trinajstić information content (AvgIpc) is 1.52. The molecule has 0 aromatic carbocycles. The van der Waals surface area contributed by atoms with Gasteiger partial charge in [0.15, 0.2) is 54.9 Å². The lowest BCUT2D eigenvalue weighted by molar-refractivity contribution is -0.231. The molecule has 7 heterocycles. The highest BCUT2D eigenvalue weighted by Crippen LogP contribution is 2.68. The molecule has 0 spiro atoms. The zero-order valence-electron chi connectivity index (χ0n) is 71.4. The van der Waals surface area contributed by atoms with Crippen molar-refractivity contribution in [2.75, 3.05) is 46.8 Å². The monoisotopic (exact) mass is 1720 g/mol. The van der Waals surface area contributed by atoms with Crippen molar-refractivity contribution in [3.63, 3.8) is 0 Å². The summed E-state index contributed by atoms with van der Waals surface area (Å²) in [5.74, 6) is -8.90. The first-order valence-electron chi connectivity index (χ1n) is 42.1. The minimum Gasteiger partial charge on any atom is -0.468 e. The van der Waals surface area contributed by atoms with E-state index in [1.807, 2.05) is 41.5 Å². The number of esters is 15. The number of methoxy groups -OCH3 is 1. The van der Waals surface area contributed by atoms with E-state index in [-0.39, 0.29) is 97.3 Å². The fraction of sp³-hybridized carbons (Fsp3) is 0.812. The normalized spacial score (nSPS) is 35.3. The fourth-order valence-corrected chi connectivity index (χ4v) is 19.5. The van der Waals surface area contributed by atoms with Gasteiger partial charge in [0, 0.05) is 54.3 Å². The number of hydrogen-bond acceptors (Lipinski definition) is 33. The Morgan fingerprint density at radius 1 is 0.438 bits per heavy atom. The second kappa shape index (κ2) is 35.1. The molecule has 0 aromatic rings. The van der Waals surface area contributed by atoms with Crippen LogP contribution < -0.4 is 0 Å². The third-order valence-electron chi connectivity index (χ3n) is 28.8. The van der Waals surface area contributed by atoms with Gasteiger partial charge in [-0.25, -0.2) is 19.2 Å². The van der Waals surface area contributed by atoms with Gasteiger partial charge >= 0.3 is 95.7 Å². The first-order chi connectivity index (χ1) is 56.6. The summed E-state index contributed by atoms with van der Waals surface area (Å²) in [7, 11) is 1.19. The van der Waals surface area contributed by atoms with Gasteiger partial charge < -0.3 is 80.5 Å². The van der Waals surface area contributed by atoms with Crippen molar-refractivity contribution in [1.82, 2.24) is 0 Å². The van der Waals surface area contributed by atoms with Crippen molar-refractivity contribution in [3.8, 4) is 6.07 Å². The van der Waals surface area contributed by atoms with Crippen LogP contribution in [0.1, 0.15) is 207 Å². The molecule has 0 aromatic heterocycles. The van der Waals surface area contributed by atoms with E-state index < -0.39 is 208 Å². The maximum atomic E-state index is 13.4. The number of rotatable bonds is 28. The first kappa shape index (κ1) is 93.0. The van der Waals surface area contributed by atoms with Crippen LogP contribution in [0.15, 0.2) is 0 Å². The van der Waals surface area contributed by atoms with Gasteiger partial charge in [-0.05, 0) is 165 Å². The predicted octanol–water partition coefficient (Wildman–Crippen LogP) is 8.05. The molecule has 672 valence electrons. The summed E-state index contributed by atoms with van der Waals surface area (Å²) in [5, 5.41) is 9.33. The quantitative estimate of drug-likeness (QED) is 0.0309. The van der Waals surface area contributed by atoms with E-state index in [1.54, 1.807) is 62.3 Å². The lowest BCUT2D eigenvalue weighted by atomic mass is 9.63. The van der Waals surface area contributed by atoms with Crippen LogP contribution in [0.2, 0.25) is 0 Å². The Hall–Kier alpha value is -8.75. The van der Waals surface area contributed by atoms with Crippen molar-refractivity contribution in [2.45, 2.75) is 286 Å². The second-order valence-corrected chi connectivity index (χ2v) is 37.8. The molecule has 9 saturated carbocycles. The highest BCUT2D eigenvalue weighted by molar-refractivity contribution is 6.03. The Labute approximate surface area is 699 Å². The SMILES string of the molecule is CCC(C)(C)C(=O)OCC(=O)OC1C2CC3(C(=O)OC)C(=O)OC1C3O2.CCC(C)(C)C(=O)OCC(=O)OC1C2CC3C1OC(=O)C3(C#N)C2.CCC(C)(C)C(=O)OCC(=O)OC1C2CC3C1OC(=O)C3(C(F)(F)F)C2.CCC(C)(C)C(=O)OCC(=O)OC1C2CCC3C(C2)C(=O)OC31.CCC(C)(C)C(=O)OCCCOC1C2CC3C(=O)OC1C3C2. The molecular weight excluding hydrogens is 1600 g/mol.